The van der Waals surface area contributed by atoms with Crippen LogP contribution in [0.2, 0.25) is 0 Å². The third kappa shape index (κ3) is 2.98. The molecule has 0 unspecified atom stereocenters. The van der Waals surface area contributed by atoms with E-state index in [4.69, 9.17) is 0 Å². The van der Waals surface area contributed by atoms with Crippen molar-refractivity contribution in [2.24, 2.45) is 5.41 Å². The van der Waals surface area contributed by atoms with Crippen LogP contribution in [0.1, 0.15) is 26.3 Å². The first-order chi connectivity index (χ1) is 6.00. The van der Waals surface area contributed by atoms with Crippen LogP contribution >= 0.6 is 0 Å². The number of H-pyrrole nitrogens is 1. The molecule has 0 spiro atoms. The van der Waals surface area contributed by atoms with Gasteiger partial charge in [0.2, 0.25) is 0 Å². The van der Waals surface area contributed by atoms with Gasteiger partial charge in [-0.1, -0.05) is 20.8 Å². The first-order valence-corrected chi connectivity index (χ1v) is 4.48. The molecule has 0 bridgehead atoms. The number of carbonyl (C=O) groups excluding carboxylic acids is 1. The number of hydrogen-bond donors (Lipinski definition) is 0. The molecule has 0 amide bonds. The molecule has 0 aliphatic rings. The van der Waals surface area contributed by atoms with Crippen LogP contribution in [0.15, 0.2) is 24.5 Å². The Labute approximate surface area is 79.0 Å². The topological polar surface area (TPSA) is 31.2 Å². The van der Waals surface area contributed by atoms with Gasteiger partial charge in [0.05, 0.1) is 0 Å². The summed E-state index contributed by atoms with van der Waals surface area (Å²) in [7, 11) is 0. The number of aromatic amines is 1. The molecule has 2 nitrogen and oxygen atoms in total. The van der Waals surface area contributed by atoms with E-state index >= 15 is 0 Å². The number of hydrogen-bond acceptors (Lipinski definition) is 1. The lowest BCUT2D eigenvalue weighted by Gasteiger charge is -2.15. The van der Waals surface area contributed by atoms with Crippen LogP contribution in [0, 0.1) is 5.41 Å². The fourth-order valence-electron chi connectivity index (χ4n) is 0.991. The molecule has 0 aliphatic carbocycles. The zero-order valence-corrected chi connectivity index (χ0v) is 8.42. The molecule has 1 aromatic rings. The lowest BCUT2D eigenvalue weighted by atomic mass is 9.87. The summed E-state index contributed by atoms with van der Waals surface area (Å²) < 4.78 is 0. The molecule has 0 atom stereocenters. The van der Waals surface area contributed by atoms with Crippen LogP contribution in [-0.2, 0) is 11.2 Å². The fraction of sp³-hybridized carbons (Fsp3) is 0.455. The van der Waals surface area contributed by atoms with E-state index in [2.05, 4.69) is 4.98 Å². The van der Waals surface area contributed by atoms with Gasteiger partial charge in [-0.05, 0) is 6.07 Å². The van der Waals surface area contributed by atoms with Crippen LogP contribution in [0.3, 0.4) is 0 Å². The molecule has 0 aromatic carbocycles. The standard InChI is InChI=1S/C11H15NO/c1-11(2,3)10(13)7-9-5-4-6-12-8-9/h4-6,8H,7H2,1-3H3/p+1. The van der Waals surface area contributed by atoms with Crippen molar-refractivity contribution >= 4 is 5.78 Å². The van der Waals surface area contributed by atoms with Gasteiger partial charge in [0.15, 0.2) is 12.4 Å². The Hall–Kier alpha value is -1.18. The lowest BCUT2D eigenvalue weighted by molar-refractivity contribution is -0.378. The Kier molecular flexibility index (Phi) is 2.81. The van der Waals surface area contributed by atoms with Crippen molar-refractivity contribution in [3.63, 3.8) is 0 Å². The second kappa shape index (κ2) is 3.69. The fourth-order valence-corrected chi connectivity index (χ4v) is 0.991. The quantitative estimate of drug-likeness (QED) is 0.677. The number of carbonyl (C=O) groups is 1. The average Bonchev–Trinajstić information content (AvgIpc) is 2.04. The summed E-state index contributed by atoms with van der Waals surface area (Å²) in [5.74, 6) is 0.270. The summed E-state index contributed by atoms with van der Waals surface area (Å²) in [5.41, 5.74) is 0.804. The second-order valence-corrected chi connectivity index (χ2v) is 4.26. The molecule has 0 radical (unpaired) electrons. The highest BCUT2D eigenvalue weighted by atomic mass is 16.1. The number of pyridine rings is 1. The Morgan fingerprint density at radius 3 is 2.62 bits per heavy atom. The predicted molar refractivity (Wildman–Crippen MR) is 51.2 cm³/mol. The first kappa shape index (κ1) is 9.90. The van der Waals surface area contributed by atoms with Crippen molar-refractivity contribution < 1.29 is 9.78 Å². The summed E-state index contributed by atoms with van der Waals surface area (Å²) in [6.07, 6.45) is 4.22. The highest BCUT2D eigenvalue weighted by Crippen LogP contribution is 2.16. The van der Waals surface area contributed by atoms with Gasteiger partial charge in [0.25, 0.3) is 0 Å². The van der Waals surface area contributed by atoms with Crippen molar-refractivity contribution in [1.82, 2.24) is 0 Å². The summed E-state index contributed by atoms with van der Waals surface area (Å²) in [6, 6.07) is 3.87. The van der Waals surface area contributed by atoms with Crippen molar-refractivity contribution in [3.8, 4) is 0 Å². The molecular weight excluding hydrogens is 162 g/mol. The van der Waals surface area contributed by atoms with Crippen LogP contribution in [0.5, 0.6) is 0 Å². The minimum absolute atomic E-state index is 0.240. The minimum Gasteiger partial charge on any atom is -0.299 e. The molecule has 1 N–H and O–H groups in total. The lowest BCUT2D eigenvalue weighted by Crippen LogP contribution is -2.22. The van der Waals surface area contributed by atoms with Crippen LogP contribution in [0.25, 0.3) is 0 Å². The molecule has 0 saturated heterocycles. The molecule has 0 aliphatic heterocycles. The Morgan fingerprint density at radius 2 is 2.15 bits per heavy atom. The molecule has 2 heteroatoms. The summed E-state index contributed by atoms with van der Waals surface area (Å²) in [5, 5.41) is 0. The highest BCUT2D eigenvalue weighted by molar-refractivity contribution is 5.85. The molecule has 13 heavy (non-hydrogen) atoms. The molecule has 1 aromatic heterocycles. The van der Waals surface area contributed by atoms with E-state index in [-0.39, 0.29) is 11.2 Å². The number of Topliss-reactive ketones (excluding diaryl/α,β-unsaturated/α-hetero) is 1. The molecule has 1 heterocycles. The number of aromatic nitrogens is 1. The predicted octanol–water partition coefficient (Wildman–Crippen LogP) is 1.66. The normalized spacial score (nSPS) is 11.3. The summed E-state index contributed by atoms with van der Waals surface area (Å²) >= 11 is 0. The summed E-state index contributed by atoms with van der Waals surface area (Å²) in [6.45, 7) is 5.84. The van der Waals surface area contributed by atoms with Gasteiger partial charge < -0.3 is 0 Å². The zero-order chi connectivity index (χ0) is 9.90. The number of ketones is 1. The summed E-state index contributed by atoms with van der Waals surface area (Å²) in [4.78, 5) is 14.6. The average molecular weight is 178 g/mol. The van der Waals surface area contributed by atoms with Crippen molar-refractivity contribution in [2.45, 2.75) is 27.2 Å². The molecule has 0 fully saturated rings. The van der Waals surface area contributed by atoms with E-state index in [9.17, 15) is 4.79 Å². The van der Waals surface area contributed by atoms with Crippen molar-refractivity contribution in [2.75, 3.05) is 0 Å². The third-order valence-electron chi connectivity index (χ3n) is 1.97. The van der Waals surface area contributed by atoms with Crippen molar-refractivity contribution in [3.05, 3.63) is 30.1 Å². The first-order valence-electron chi connectivity index (χ1n) is 4.48. The van der Waals surface area contributed by atoms with Gasteiger partial charge in [-0.3, -0.25) is 4.79 Å². The van der Waals surface area contributed by atoms with E-state index < -0.39 is 0 Å². The van der Waals surface area contributed by atoms with Crippen LogP contribution in [0.4, 0.5) is 0 Å². The van der Waals surface area contributed by atoms with Crippen molar-refractivity contribution in [1.29, 1.82) is 0 Å². The maximum absolute atomic E-state index is 11.6. The van der Waals surface area contributed by atoms with Gasteiger partial charge in [0.1, 0.15) is 5.78 Å². The van der Waals surface area contributed by atoms with E-state index in [1.807, 2.05) is 45.3 Å². The Morgan fingerprint density at radius 1 is 1.46 bits per heavy atom. The minimum atomic E-state index is -0.240. The maximum atomic E-state index is 11.6. The third-order valence-corrected chi connectivity index (χ3v) is 1.97. The number of nitrogens with one attached hydrogen (secondary N) is 1. The van der Waals surface area contributed by atoms with Gasteiger partial charge in [-0.15, -0.1) is 0 Å². The van der Waals surface area contributed by atoms with Gasteiger partial charge >= 0.3 is 0 Å². The maximum Gasteiger partial charge on any atom is 0.170 e. The van der Waals surface area contributed by atoms with Crippen LogP contribution < -0.4 is 4.98 Å². The SMILES string of the molecule is CC(C)(C)C(=O)Cc1ccc[nH+]c1. The molecule has 1 rings (SSSR count). The number of rotatable bonds is 2. The van der Waals surface area contributed by atoms with Crippen LogP contribution in [-0.4, -0.2) is 5.78 Å². The zero-order valence-electron chi connectivity index (χ0n) is 8.42. The smallest absolute Gasteiger partial charge is 0.170 e. The van der Waals surface area contributed by atoms with E-state index in [0.29, 0.717) is 6.42 Å². The monoisotopic (exact) mass is 178 g/mol. The second-order valence-electron chi connectivity index (χ2n) is 4.26. The Balaban J connectivity index is 2.66. The van der Waals surface area contributed by atoms with Gasteiger partial charge in [0, 0.05) is 23.5 Å². The van der Waals surface area contributed by atoms with E-state index in [1.165, 1.54) is 0 Å². The van der Waals surface area contributed by atoms with Gasteiger partial charge in [-0.2, -0.15) is 0 Å². The van der Waals surface area contributed by atoms with E-state index in [0.717, 1.165) is 5.56 Å². The molecule has 70 valence electrons. The Bertz CT molecular complexity index is 285. The largest absolute Gasteiger partial charge is 0.299 e. The van der Waals surface area contributed by atoms with Gasteiger partial charge in [-0.25, -0.2) is 4.98 Å². The van der Waals surface area contributed by atoms with E-state index in [1.54, 1.807) is 0 Å². The highest BCUT2D eigenvalue weighted by Gasteiger charge is 2.21. The molecular formula is C11H16NO+. The molecule has 0 saturated carbocycles.